The highest BCUT2D eigenvalue weighted by molar-refractivity contribution is 7.95. The summed E-state index contributed by atoms with van der Waals surface area (Å²) in [6.07, 6.45) is 1.38. The first kappa shape index (κ1) is 19.0. The molecule has 0 saturated carbocycles. The van der Waals surface area contributed by atoms with E-state index >= 15 is 0 Å². The molecule has 3 rings (SSSR count). The molecule has 27 heavy (non-hydrogen) atoms. The first-order valence-electron chi connectivity index (χ1n) is 8.69. The summed E-state index contributed by atoms with van der Waals surface area (Å²) in [7, 11) is 0. The molecule has 0 spiro atoms. The zero-order chi connectivity index (χ0) is 19.2. The number of rotatable bonds is 6. The van der Waals surface area contributed by atoms with E-state index in [9.17, 15) is 14.7 Å². The van der Waals surface area contributed by atoms with Crippen LogP contribution in [0, 0.1) is 0 Å². The van der Waals surface area contributed by atoms with Gasteiger partial charge in [0.05, 0.1) is 12.0 Å². The first-order valence-corrected chi connectivity index (χ1v) is 9.60. The van der Waals surface area contributed by atoms with Crippen molar-refractivity contribution in [2.45, 2.75) is 18.4 Å². The van der Waals surface area contributed by atoms with Gasteiger partial charge in [-0.25, -0.2) is 9.59 Å². The molecule has 0 radical (unpaired) electrons. The van der Waals surface area contributed by atoms with Crippen LogP contribution in [0.1, 0.15) is 17.9 Å². The molecule has 1 aliphatic heterocycles. The molecule has 0 aromatic heterocycles. The van der Waals surface area contributed by atoms with Crippen molar-refractivity contribution in [3.8, 4) is 11.1 Å². The Bertz CT molecular complexity index is 807. The number of nitrogens with zero attached hydrogens (tertiary/aromatic N) is 1. The number of carbonyl (C=O) groups is 2. The number of hydrogen-bond donors (Lipinski definition) is 1. The highest BCUT2D eigenvalue weighted by Gasteiger charge is 2.41. The molecule has 2 atom stereocenters. The van der Waals surface area contributed by atoms with Gasteiger partial charge < -0.3 is 9.29 Å². The van der Waals surface area contributed by atoms with Crippen LogP contribution in [0.25, 0.3) is 11.1 Å². The second-order valence-corrected chi connectivity index (χ2v) is 7.09. The monoisotopic (exact) mass is 383 g/mol. The molecule has 140 valence electrons. The van der Waals surface area contributed by atoms with Crippen LogP contribution in [0.4, 0.5) is 4.79 Å². The van der Waals surface area contributed by atoms with E-state index < -0.39 is 18.1 Å². The maximum atomic E-state index is 12.2. The number of hydrogen-bond acceptors (Lipinski definition) is 4. The van der Waals surface area contributed by atoms with Gasteiger partial charge in [0, 0.05) is 18.2 Å². The van der Waals surface area contributed by atoms with E-state index in [4.69, 9.17) is 4.18 Å². The fraction of sp³-hybridized carbons (Fsp3) is 0.238. The van der Waals surface area contributed by atoms with Crippen molar-refractivity contribution >= 4 is 24.1 Å². The first-order chi connectivity index (χ1) is 13.1. The van der Waals surface area contributed by atoms with Crippen molar-refractivity contribution in [3.05, 3.63) is 72.8 Å². The van der Waals surface area contributed by atoms with Crippen LogP contribution in [0.15, 0.2) is 67.3 Å². The summed E-state index contributed by atoms with van der Waals surface area (Å²) in [6, 6.07) is 17.2. The minimum Gasteiger partial charge on any atom is -0.480 e. The maximum Gasteiger partial charge on any atom is 0.422 e. The minimum atomic E-state index is -1.01. The number of carboxylic acids is 1. The Hall–Kier alpha value is -2.73. The van der Waals surface area contributed by atoms with Gasteiger partial charge in [-0.2, -0.15) is 0 Å². The lowest BCUT2D eigenvalue weighted by Gasteiger charge is -2.19. The summed E-state index contributed by atoms with van der Waals surface area (Å²) in [6.45, 7) is 3.89. The molecule has 0 bridgehead atoms. The number of likely N-dealkylation sites (tertiary alicyclic amines) is 1. The van der Waals surface area contributed by atoms with Gasteiger partial charge in [0.25, 0.3) is 0 Å². The summed E-state index contributed by atoms with van der Waals surface area (Å²) in [5.41, 5.74) is 3.25. The molecule has 2 aromatic carbocycles. The van der Waals surface area contributed by atoms with E-state index in [1.165, 1.54) is 4.90 Å². The van der Waals surface area contributed by atoms with Gasteiger partial charge in [-0.3, -0.25) is 4.90 Å². The molecular formula is C21H21NO4S. The smallest absolute Gasteiger partial charge is 0.422 e. The fourth-order valence-corrected chi connectivity index (χ4v) is 3.63. The van der Waals surface area contributed by atoms with Gasteiger partial charge in [-0.05, 0) is 23.1 Å². The van der Waals surface area contributed by atoms with Gasteiger partial charge in [0.15, 0.2) is 0 Å². The molecule has 2 unspecified atom stereocenters. The predicted octanol–water partition coefficient (Wildman–Crippen LogP) is 4.57. The molecule has 2 aromatic rings. The molecule has 5 nitrogen and oxygen atoms in total. The van der Waals surface area contributed by atoms with Crippen LogP contribution in [0.3, 0.4) is 0 Å². The Labute approximate surface area is 162 Å². The molecular weight excluding hydrogens is 362 g/mol. The van der Waals surface area contributed by atoms with Crippen LogP contribution >= 0.6 is 12.0 Å². The van der Waals surface area contributed by atoms with Crippen LogP contribution in [0.5, 0.6) is 0 Å². The average Bonchev–Trinajstić information content (AvgIpc) is 3.15. The third-order valence-electron chi connectivity index (χ3n) is 4.63. The lowest BCUT2D eigenvalue weighted by Crippen LogP contribution is -2.40. The van der Waals surface area contributed by atoms with E-state index in [1.54, 1.807) is 6.08 Å². The van der Waals surface area contributed by atoms with Crippen LogP contribution in [-0.4, -0.2) is 40.4 Å². The largest absolute Gasteiger partial charge is 0.480 e. The molecule has 1 aliphatic rings. The van der Waals surface area contributed by atoms with Gasteiger partial charge in [0.1, 0.15) is 6.04 Å². The fourth-order valence-electron chi connectivity index (χ4n) is 3.27. The van der Waals surface area contributed by atoms with E-state index in [0.717, 1.165) is 28.7 Å². The van der Waals surface area contributed by atoms with E-state index in [1.807, 2.05) is 54.6 Å². The van der Waals surface area contributed by atoms with Crippen molar-refractivity contribution in [3.63, 3.8) is 0 Å². The van der Waals surface area contributed by atoms with E-state index in [2.05, 4.69) is 6.58 Å². The zero-order valence-corrected chi connectivity index (χ0v) is 15.6. The maximum absolute atomic E-state index is 12.2. The quantitative estimate of drug-likeness (QED) is 0.450. The van der Waals surface area contributed by atoms with Gasteiger partial charge in [-0.15, -0.1) is 6.58 Å². The minimum absolute atomic E-state index is 0.0344. The highest BCUT2D eigenvalue weighted by atomic mass is 32.2. The zero-order valence-electron chi connectivity index (χ0n) is 14.8. The van der Waals surface area contributed by atoms with Crippen molar-refractivity contribution < 1.29 is 18.9 Å². The molecule has 1 N–H and O–H groups in total. The van der Waals surface area contributed by atoms with E-state index in [-0.39, 0.29) is 5.92 Å². The Morgan fingerprint density at radius 3 is 2.44 bits per heavy atom. The van der Waals surface area contributed by atoms with Crippen LogP contribution in [-0.2, 0) is 8.98 Å². The van der Waals surface area contributed by atoms with Crippen molar-refractivity contribution in [1.29, 1.82) is 0 Å². The molecule has 1 heterocycles. The van der Waals surface area contributed by atoms with Gasteiger partial charge in [-0.1, -0.05) is 60.7 Å². The number of carboxylic acid groups (broad SMARTS) is 1. The van der Waals surface area contributed by atoms with Crippen LogP contribution < -0.4 is 0 Å². The lowest BCUT2D eigenvalue weighted by molar-refractivity contribution is -0.141. The topological polar surface area (TPSA) is 66.8 Å². The molecule has 1 fully saturated rings. The third-order valence-corrected chi connectivity index (χ3v) is 5.26. The van der Waals surface area contributed by atoms with Gasteiger partial charge in [0.2, 0.25) is 0 Å². The molecule has 0 aliphatic carbocycles. The Kier molecular flexibility index (Phi) is 6.19. The molecule has 1 amide bonds. The standard InChI is InChI=1S/C21H21NO4S/c1-2-12-27-26-21(25)22-14-18(13-19(22)20(23)24)17-10-8-16(9-11-17)15-6-4-3-5-7-15/h2-11,18-19H,1,12-14H2,(H,23,24). The summed E-state index contributed by atoms with van der Waals surface area (Å²) in [5.74, 6) is -0.584. The van der Waals surface area contributed by atoms with Crippen molar-refractivity contribution in [2.24, 2.45) is 0 Å². The van der Waals surface area contributed by atoms with E-state index in [0.29, 0.717) is 18.7 Å². The second-order valence-electron chi connectivity index (χ2n) is 6.35. The lowest BCUT2D eigenvalue weighted by atomic mass is 9.94. The Balaban J connectivity index is 1.72. The Morgan fingerprint density at radius 2 is 1.81 bits per heavy atom. The van der Waals surface area contributed by atoms with Crippen LogP contribution in [0.2, 0.25) is 0 Å². The SMILES string of the molecule is C=CCSOC(=O)N1CC(c2ccc(-c3ccccc3)cc2)CC1C(=O)O. The predicted molar refractivity (Wildman–Crippen MR) is 107 cm³/mol. The van der Waals surface area contributed by atoms with Crippen molar-refractivity contribution in [1.82, 2.24) is 4.90 Å². The summed E-state index contributed by atoms with van der Waals surface area (Å²) in [5, 5.41) is 9.49. The van der Waals surface area contributed by atoms with Crippen molar-refractivity contribution in [2.75, 3.05) is 12.3 Å². The number of carbonyl (C=O) groups excluding carboxylic acids is 1. The average molecular weight is 383 g/mol. The summed E-state index contributed by atoms with van der Waals surface area (Å²) < 4.78 is 5.08. The second kappa shape index (κ2) is 8.77. The molecule has 6 heteroatoms. The highest BCUT2D eigenvalue weighted by Crippen LogP contribution is 2.34. The Morgan fingerprint density at radius 1 is 1.15 bits per heavy atom. The third kappa shape index (κ3) is 4.52. The summed E-state index contributed by atoms with van der Waals surface area (Å²) >= 11 is 0.956. The number of amides is 1. The number of aliphatic carboxylic acids is 1. The molecule has 1 saturated heterocycles. The summed E-state index contributed by atoms with van der Waals surface area (Å²) in [4.78, 5) is 25.1. The normalized spacial score (nSPS) is 18.9. The number of benzene rings is 2. The van der Waals surface area contributed by atoms with Gasteiger partial charge >= 0.3 is 12.1 Å².